The summed E-state index contributed by atoms with van der Waals surface area (Å²) in [6, 6.07) is -0.522. The molecule has 1 radical (unpaired) electrons. The molecule has 0 aromatic rings. The Labute approximate surface area is 72.5 Å². The van der Waals surface area contributed by atoms with Crippen LogP contribution in [0, 0.1) is 5.92 Å². The third-order valence-corrected chi connectivity index (χ3v) is 1.84. The highest BCUT2D eigenvalue weighted by Gasteiger charge is 2.16. The SMILES string of the molecule is CC[C@H](C)[C@@H]([C]=O)NC(=O)CN. The molecule has 12 heavy (non-hydrogen) atoms. The van der Waals surface area contributed by atoms with Crippen LogP contribution in [0.2, 0.25) is 0 Å². The molecule has 0 spiro atoms. The molecule has 3 N–H and O–H groups in total. The summed E-state index contributed by atoms with van der Waals surface area (Å²) < 4.78 is 0. The molecule has 0 heterocycles. The lowest BCUT2D eigenvalue weighted by atomic mass is 10.0. The van der Waals surface area contributed by atoms with Gasteiger partial charge in [0.25, 0.3) is 0 Å². The molecule has 69 valence electrons. The highest BCUT2D eigenvalue weighted by molar-refractivity contribution is 5.81. The van der Waals surface area contributed by atoms with Crippen LogP contribution in [-0.4, -0.2) is 24.8 Å². The molecule has 4 heteroatoms. The zero-order valence-corrected chi connectivity index (χ0v) is 7.46. The maximum atomic E-state index is 10.8. The lowest BCUT2D eigenvalue weighted by Crippen LogP contribution is -2.43. The summed E-state index contributed by atoms with van der Waals surface area (Å²) in [5.74, 6) is -0.207. The first-order valence-electron chi connectivity index (χ1n) is 4.02. The van der Waals surface area contributed by atoms with E-state index in [-0.39, 0.29) is 18.4 Å². The molecule has 0 aromatic heterocycles. The van der Waals surface area contributed by atoms with Crippen molar-refractivity contribution in [2.45, 2.75) is 26.3 Å². The Bertz CT molecular complexity index is 159. The van der Waals surface area contributed by atoms with Crippen molar-refractivity contribution >= 4 is 12.2 Å². The molecule has 4 nitrogen and oxygen atoms in total. The average molecular weight is 171 g/mol. The molecule has 0 saturated carbocycles. The quantitative estimate of drug-likeness (QED) is 0.590. The van der Waals surface area contributed by atoms with Crippen molar-refractivity contribution in [1.29, 1.82) is 0 Å². The van der Waals surface area contributed by atoms with Crippen LogP contribution < -0.4 is 11.1 Å². The van der Waals surface area contributed by atoms with Crippen LogP contribution in [0.15, 0.2) is 0 Å². The van der Waals surface area contributed by atoms with E-state index < -0.39 is 6.04 Å². The molecule has 2 atom stereocenters. The van der Waals surface area contributed by atoms with Crippen LogP contribution >= 0.6 is 0 Å². The number of amides is 1. The van der Waals surface area contributed by atoms with Crippen LogP contribution in [0.25, 0.3) is 0 Å². The fraction of sp³-hybridized carbons (Fsp3) is 0.750. The van der Waals surface area contributed by atoms with Gasteiger partial charge in [0.1, 0.15) is 0 Å². The summed E-state index contributed by atoms with van der Waals surface area (Å²) in [5, 5.41) is 2.48. The summed E-state index contributed by atoms with van der Waals surface area (Å²) >= 11 is 0. The van der Waals surface area contributed by atoms with Crippen molar-refractivity contribution < 1.29 is 9.59 Å². The minimum absolute atomic E-state index is 0.0887. The molecule has 0 aliphatic heterocycles. The average Bonchev–Trinajstić information content (AvgIpc) is 2.12. The molecule has 0 aliphatic rings. The summed E-state index contributed by atoms with van der Waals surface area (Å²) in [6.07, 6.45) is 2.60. The molecular weight excluding hydrogens is 156 g/mol. The molecule has 0 fully saturated rings. The second-order valence-electron chi connectivity index (χ2n) is 2.75. The van der Waals surface area contributed by atoms with Crippen LogP contribution in [0.3, 0.4) is 0 Å². The molecule has 0 rings (SSSR count). The first-order valence-corrected chi connectivity index (χ1v) is 4.02. The van der Waals surface area contributed by atoms with E-state index in [1.165, 1.54) is 0 Å². The van der Waals surface area contributed by atoms with Crippen molar-refractivity contribution in [3.05, 3.63) is 0 Å². The van der Waals surface area contributed by atoms with Crippen LogP contribution in [0.1, 0.15) is 20.3 Å². The second-order valence-corrected chi connectivity index (χ2v) is 2.75. The number of rotatable bonds is 5. The summed E-state index contributed by atoms with van der Waals surface area (Å²) in [5.41, 5.74) is 5.07. The second kappa shape index (κ2) is 5.71. The van der Waals surface area contributed by atoms with Crippen LogP contribution in [-0.2, 0) is 9.59 Å². The predicted molar refractivity (Wildman–Crippen MR) is 46.1 cm³/mol. The highest BCUT2D eigenvalue weighted by atomic mass is 16.2. The summed E-state index contributed by atoms with van der Waals surface area (Å²) in [6.45, 7) is 3.74. The minimum atomic E-state index is -0.522. The van der Waals surface area contributed by atoms with Gasteiger partial charge < -0.3 is 11.1 Å². The van der Waals surface area contributed by atoms with Crippen molar-refractivity contribution in [1.82, 2.24) is 5.32 Å². The van der Waals surface area contributed by atoms with E-state index in [0.717, 1.165) is 6.42 Å². The number of hydrogen-bond acceptors (Lipinski definition) is 3. The largest absolute Gasteiger partial charge is 0.344 e. The molecule has 0 unspecified atom stereocenters. The van der Waals surface area contributed by atoms with E-state index in [4.69, 9.17) is 5.73 Å². The third-order valence-electron chi connectivity index (χ3n) is 1.84. The topological polar surface area (TPSA) is 72.2 Å². The summed E-state index contributed by atoms with van der Waals surface area (Å²) in [7, 11) is 0. The van der Waals surface area contributed by atoms with Crippen LogP contribution in [0.4, 0.5) is 0 Å². The van der Waals surface area contributed by atoms with Gasteiger partial charge >= 0.3 is 0 Å². The standard InChI is InChI=1S/C8H15N2O2/c1-3-6(2)7(5-11)10-8(12)4-9/h6-7H,3-4,9H2,1-2H3,(H,10,12)/t6-,7+/m0/s1. The van der Waals surface area contributed by atoms with Gasteiger partial charge in [-0.3, -0.25) is 9.59 Å². The zero-order valence-electron chi connectivity index (χ0n) is 7.46. The van der Waals surface area contributed by atoms with Gasteiger partial charge in [0.05, 0.1) is 12.6 Å². The van der Waals surface area contributed by atoms with Crippen molar-refractivity contribution in [2.75, 3.05) is 6.54 Å². The van der Waals surface area contributed by atoms with Gasteiger partial charge in [-0.2, -0.15) is 0 Å². The number of carbonyl (C=O) groups is 1. The van der Waals surface area contributed by atoms with Crippen LogP contribution in [0.5, 0.6) is 0 Å². The Kier molecular flexibility index (Phi) is 5.28. The summed E-state index contributed by atoms with van der Waals surface area (Å²) in [4.78, 5) is 21.2. The number of hydrogen-bond donors (Lipinski definition) is 2. The van der Waals surface area contributed by atoms with Crippen molar-refractivity contribution in [2.24, 2.45) is 11.7 Å². The van der Waals surface area contributed by atoms with E-state index in [2.05, 4.69) is 5.32 Å². The Morgan fingerprint density at radius 1 is 1.67 bits per heavy atom. The van der Waals surface area contributed by atoms with E-state index in [1.807, 2.05) is 13.8 Å². The molecule has 1 amide bonds. The number of nitrogens with two attached hydrogens (primary N) is 1. The van der Waals surface area contributed by atoms with Gasteiger partial charge in [-0.25, -0.2) is 0 Å². The maximum Gasteiger partial charge on any atom is 0.234 e. The van der Waals surface area contributed by atoms with Gasteiger partial charge in [-0.15, -0.1) is 0 Å². The molecule has 0 aromatic carbocycles. The van der Waals surface area contributed by atoms with Gasteiger partial charge in [0.15, 0.2) is 0 Å². The molecular formula is C8H15N2O2. The third kappa shape index (κ3) is 3.48. The van der Waals surface area contributed by atoms with Crippen molar-refractivity contribution in [3.8, 4) is 0 Å². The number of nitrogens with one attached hydrogen (secondary N) is 1. The van der Waals surface area contributed by atoms with E-state index in [1.54, 1.807) is 6.29 Å². The Morgan fingerprint density at radius 2 is 2.25 bits per heavy atom. The number of carbonyl (C=O) groups excluding carboxylic acids is 2. The van der Waals surface area contributed by atoms with E-state index >= 15 is 0 Å². The monoisotopic (exact) mass is 171 g/mol. The lowest BCUT2D eigenvalue weighted by Gasteiger charge is -2.16. The Hall–Kier alpha value is -0.900. The minimum Gasteiger partial charge on any atom is -0.344 e. The molecule has 0 aliphatic carbocycles. The lowest BCUT2D eigenvalue weighted by molar-refractivity contribution is -0.120. The fourth-order valence-electron chi connectivity index (χ4n) is 0.756. The fourth-order valence-corrected chi connectivity index (χ4v) is 0.756. The Balaban J connectivity index is 3.98. The van der Waals surface area contributed by atoms with E-state index in [0.29, 0.717) is 0 Å². The van der Waals surface area contributed by atoms with Gasteiger partial charge in [0, 0.05) is 0 Å². The molecule has 0 bridgehead atoms. The molecule has 0 saturated heterocycles. The maximum absolute atomic E-state index is 10.8. The first kappa shape index (κ1) is 11.1. The van der Waals surface area contributed by atoms with Gasteiger partial charge in [-0.05, 0) is 5.92 Å². The van der Waals surface area contributed by atoms with Gasteiger partial charge in [-0.1, -0.05) is 20.3 Å². The van der Waals surface area contributed by atoms with E-state index in [9.17, 15) is 9.59 Å². The van der Waals surface area contributed by atoms with Gasteiger partial charge in [0.2, 0.25) is 12.2 Å². The smallest absolute Gasteiger partial charge is 0.234 e. The normalized spacial score (nSPS) is 14.9. The predicted octanol–water partition coefficient (Wildman–Crippen LogP) is -0.414. The first-order chi connectivity index (χ1) is 5.65. The highest BCUT2D eigenvalue weighted by Crippen LogP contribution is 2.04. The Morgan fingerprint density at radius 3 is 2.58 bits per heavy atom. The van der Waals surface area contributed by atoms with Crippen molar-refractivity contribution in [3.63, 3.8) is 0 Å². The zero-order chi connectivity index (χ0) is 9.56.